The molecule has 1 aromatic heterocycles. The molecule has 0 radical (unpaired) electrons. The molecule has 1 heterocycles. The van der Waals surface area contributed by atoms with Gasteiger partial charge < -0.3 is 10.6 Å². The number of carbonyl (C=O) groups excluding carboxylic acids is 1. The molecule has 1 aliphatic rings. The zero-order valence-electron chi connectivity index (χ0n) is 11.4. The highest BCUT2D eigenvalue weighted by Gasteiger charge is 2.34. The number of pyridine rings is 1. The first-order valence-corrected chi connectivity index (χ1v) is 6.76. The fraction of sp³-hybridized carbons (Fsp3) is 0.571. The van der Waals surface area contributed by atoms with E-state index in [0.29, 0.717) is 6.54 Å². The zero-order chi connectivity index (χ0) is 13.9. The number of rotatable bonds is 5. The molecule has 4 nitrogen and oxygen atoms in total. The minimum absolute atomic E-state index is 0.0572. The molecule has 0 atom stereocenters. The highest BCUT2D eigenvalue weighted by Crippen LogP contribution is 2.31. The zero-order valence-corrected chi connectivity index (χ0v) is 11.4. The van der Waals surface area contributed by atoms with E-state index in [4.69, 9.17) is 0 Å². The lowest BCUT2D eigenvalue weighted by molar-refractivity contribution is 0.0846. The lowest BCUT2D eigenvalue weighted by Gasteiger charge is -2.39. The molecule has 1 aliphatic carbocycles. The number of carbonyl (C=O) groups is 1. The molecule has 2 rings (SSSR count). The second kappa shape index (κ2) is 5.55. The maximum atomic E-state index is 14.2. The number of nitrogens with zero attached hydrogens (tertiary/aromatic N) is 1. The Morgan fingerprint density at radius 1 is 1.53 bits per heavy atom. The van der Waals surface area contributed by atoms with E-state index in [1.807, 2.05) is 13.8 Å². The lowest BCUT2D eigenvalue weighted by atomic mass is 9.78. The average molecular weight is 265 g/mol. The van der Waals surface area contributed by atoms with Crippen LogP contribution in [-0.2, 0) is 0 Å². The van der Waals surface area contributed by atoms with Crippen molar-refractivity contribution in [3.8, 4) is 0 Å². The van der Waals surface area contributed by atoms with Crippen molar-refractivity contribution < 1.29 is 9.18 Å². The summed E-state index contributed by atoms with van der Waals surface area (Å²) >= 11 is 0. The number of nitrogens with one attached hydrogen (secondary N) is 2. The SMILES string of the molecule is CCCNc1nccc(C(=O)NC2(C)CCC2)c1F. The van der Waals surface area contributed by atoms with Crippen molar-refractivity contribution in [3.63, 3.8) is 0 Å². The van der Waals surface area contributed by atoms with E-state index < -0.39 is 5.82 Å². The van der Waals surface area contributed by atoms with Crippen molar-refractivity contribution in [2.75, 3.05) is 11.9 Å². The molecule has 0 unspecified atom stereocenters. The Morgan fingerprint density at radius 3 is 2.84 bits per heavy atom. The van der Waals surface area contributed by atoms with Gasteiger partial charge in [-0.3, -0.25) is 4.79 Å². The molecule has 1 saturated carbocycles. The number of anilines is 1. The first-order chi connectivity index (χ1) is 9.06. The third kappa shape index (κ3) is 3.03. The van der Waals surface area contributed by atoms with E-state index in [1.165, 1.54) is 12.3 Å². The highest BCUT2D eigenvalue weighted by atomic mass is 19.1. The summed E-state index contributed by atoms with van der Waals surface area (Å²) in [6.07, 6.45) is 5.34. The number of hydrogen-bond acceptors (Lipinski definition) is 3. The van der Waals surface area contributed by atoms with Crippen molar-refractivity contribution in [2.45, 2.75) is 45.1 Å². The molecule has 1 aromatic rings. The van der Waals surface area contributed by atoms with Gasteiger partial charge in [-0.05, 0) is 38.7 Å². The second-order valence-corrected chi connectivity index (χ2v) is 5.32. The number of amides is 1. The molecule has 2 N–H and O–H groups in total. The monoisotopic (exact) mass is 265 g/mol. The summed E-state index contributed by atoms with van der Waals surface area (Å²) in [7, 11) is 0. The summed E-state index contributed by atoms with van der Waals surface area (Å²) in [6, 6.07) is 1.42. The first-order valence-electron chi connectivity index (χ1n) is 6.76. The Bertz CT molecular complexity index is 472. The molecule has 19 heavy (non-hydrogen) atoms. The van der Waals surface area contributed by atoms with Gasteiger partial charge in [0.15, 0.2) is 11.6 Å². The minimum atomic E-state index is -0.573. The Morgan fingerprint density at radius 2 is 2.26 bits per heavy atom. The van der Waals surface area contributed by atoms with Crippen molar-refractivity contribution >= 4 is 11.7 Å². The lowest BCUT2D eigenvalue weighted by Crippen LogP contribution is -2.51. The van der Waals surface area contributed by atoms with Crippen LogP contribution in [0.15, 0.2) is 12.3 Å². The first kappa shape index (κ1) is 13.8. The summed E-state index contributed by atoms with van der Waals surface area (Å²) in [5.74, 6) is -0.786. The van der Waals surface area contributed by atoms with Crippen LogP contribution in [0.5, 0.6) is 0 Å². The van der Waals surface area contributed by atoms with E-state index in [1.54, 1.807) is 0 Å². The van der Waals surface area contributed by atoms with Gasteiger partial charge in [0.25, 0.3) is 5.91 Å². The fourth-order valence-electron chi connectivity index (χ4n) is 2.16. The molecule has 104 valence electrons. The van der Waals surface area contributed by atoms with Crippen LogP contribution in [0.1, 0.15) is 49.9 Å². The van der Waals surface area contributed by atoms with E-state index in [2.05, 4.69) is 15.6 Å². The van der Waals surface area contributed by atoms with Gasteiger partial charge in [-0.15, -0.1) is 0 Å². The fourth-order valence-corrected chi connectivity index (χ4v) is 2.16. The summed E-state index contributed by atoms with van der Waals surface area (Å²) in [5, 5.41) is 5.78. The molecule has 0 aromatic carbocycles. The minimum Gasteiger partial charge on any atom is -0.368 e. The normalized spacial score (nSPS) is 16.6. The van der Waals surface area contributed by atoms with Gasteiger partial charge in [0.2, 0.25) is 0 Å². The summed E-state index contributed by atoms with van der Waals surface area (Å²) < 4.78 is 14.2. The predicted molar refractivity (Wildman–Crippen MR) is 72.7 cm³/mol. The number of hydrogen-bond donors (Lipinski definition) is 2. The van der Waals surface area contributed by atoms with E-state index in [0.717, 1.165) is 25.7 Å². The quantitative estimate of drug-likeness (QED) is 0.860. The highest BCUT2D eigenvalue weighted by molar-refractivity contribution is 5.95. The third-order valence-corrected chi connectivity index (χ3v) is 3.55. The third-order valence-electron chi connectivity index (χ3n) is 3.55. The molecule has 1 fully saturated rings. The van der Waals surface area contributed by atoms with Gasteiger partial charge in [0.1, 0.15) is 0 Å². The van der Waals surface area contributed by atoms with Crippen LogP contribution in [0.4, 0.5) is 10.2 Å². The van der Waals surface area contributed by atoms with Crippen LogP contribution in [0.25, 0.3) is 0 Å². The smallest absolute Gasteiger partial charge is 0.254 e. The maximum absolute atomic E-state index is 14.2. The largest absolute Gasteiger partial charge is 0.368 e. The summed E-state index contributed by atoms with van der Waals surface area (Å²) in [6.45, 7) is 4.61. The summed E-state index contributed by atoms with van der Waals surface area (Å²) in [5.41, 5.74) is -0.120. The Kier molecular flexibility index (Phi) is 4.02. The maximum Gasteiger partial charge on any atom is 0.254 e. The molecule has 5 heteroatoms. The second-order valence-electron chi connectivity index (χ2n) is 5.32. The van der Waals surface area contributed by atoms with Crippen molar-refractivity contribution in [1.29, 1.82) is 0 Å². The van der Waals surface area contributed by atoms with Gasteiger partial charge in [-0.1, -0.05) is 6.92 Å². The molecular formula is C14H20FN3O. The standard InChI is InChI=1S/C14H20FN3O/c1-3-8-16-12-11(15)10(5-9-17-12)13(19)18-14(2)6-4-7-14/h5,9H,3-4,6-8H2,1-2H3,(H,16,17)(H,18,19). The Balaban J connectivity index is 2.12. The van der Waals surface area contributed by atoms with Crippen LogP contribution in [-0.4, -0.2) is 23.0 Å². The number of aromatic nitrogens is 1. The number of halogens is 1. The van der Waals surface area contributed by atoms with Gasteiger partial charge in [-0.2, -0.15) is 0 Å². The van der Waals surface area contributed by atoms with Gasteiger partial charge in [0.05, 0.1) is 5.56 Å². The summed E-state index contributed by atoms with van der Waals surface area (Å²) in [4.78, 5) is 16.0. The van der Waals surface area contributed by atoms with E-state index in [9.17, 15) is 9.18 Å². The predicted octanol–water partition coefficient (Wildman–Crippen LogP) is 2.72. The van der Waals surface area contributed by atoms with E-state index in [-0.39, 0.29) is 22.8 Å². The molecule has 1 amide bonds. The van der Waals surface area contributed by atoms with Gasteiger partial charge in [0, 0.05) is 18.3 Å². The molecule has 0 bridgehead atoms. The van der Waals surface area contributed by atoms with Crippen LogP contribution in [0.3, 0.4) is 0 Å². The van der Waals surface area contributed by atoms with Crippen LogP contribution >= 0.6 is 0 Å². The molecule has 0 saturated heterocycles. The van der Waals surface area contributed by atoms with Crippen LogP contribution in [0.2, 0.25) is 0 Å². The van der Waals surface area contributed by atoms with Crippen LogP contribution in [0, 0.1) is 5.82 Å². The van der Waals surface area contributed by atoms with E-state index >= 15 is 0 Å². The Labute approximate surface area is 112 Å². The average Bonchev–Trinajstić information content (AvgIpc) is 2.35. The van der Waals surface area contributed by atoms with Crippen molar-refractivity contribution in [1.82, 2.24) is 10.3 Å². The van der Waals surface area contributed by atoms with Crippen molar-refractivity contribution in [2.24, 2.45) is 0 Å². The van der Waals surface area contributed by atoms with Gasteiger partial charge >= 0.3 is 0 Å². The molecular weight excluding hydrogens is 245 g/mol. The van der Waals surface area contributed by atoms with Crippen molar-refractivity contribution in [3.05, 3.63) is 23.6 Å². The molecule has 0 aliphatic heterocycles. The molecule has 0 spiro atoms. The van der Waals surface area contributed by atoms with Crippen LogP contribution < -0.4 is 10.6 Å². The topological polar surface area (TPSA) is 54.0 Å². The Hall–Kier alpha value is -1.65. The van der Waals surface area contributed by atoms with Gasteiger partial charge in [-0.25, -0.2) is 9.37 Å².